The minimum Gasteiger partial charge on any atom is -0.495 e. The monoisotopic (exact) mass is 354 g/mol. The fourth-order valence-corrected chi connectivity index (χ4v) is 2.26. The lowest BCUT2D eigenvalue weighted by Gasteiger charge is -2.14. The molecule has 9 heteroatoms. The SMILES string of the molecule is COc1cc(-c2ncc(C(F)(F)F)c(N)c2Cl)c(F)cc1Cl. The number of ether oxygens (including phenoxy) is 1. The molecule has 118 valence electrons. The summed E-state index contributed by atoms with van der Waals surface area (Å²) in [4.78, 5) is 3.57. The molecule has 0 aliphatic rings. The summed E-state index contributed by atoms with van der Waals surface area (Å²) in [6.07, 6.45) is -4.22. The number of methoxy groups -OCH3 is 1. The van der Waals surface area contributed by atoms with Crippen LogP contribution in [0.15, 0.2) is 18.3 Å². The van der Waals surface area contributed by atoms with Crippen LogP contribution in [-0.4, -0.2) is 12.1 Å². The molecule has 0 aliphatic heterocycles. The van der Waals surface area contributed by atoms with E-state index in [1.54, 1.807) is 0 Å². The van der Waals surface area contributed by atoms with Crippen molar-refractivity contribution in [1.29, 1.82) is 0 Å². The van der Waals surface area contributed by atoms with Crippen molar-refractivity contribution in [2.45, 2.75) is 6.18 Å². The van der Waals surface area contributed by atoms with Crippen molar-refractivity contribution < 1.29 is 22.3 Å². The van der Waals surface area contributed by atoms with Crippen LogP contribution in [0.5, 0.6) is 5.75 Å². The number of benzene rings is 1. The zero-order chi connectivity index (χ0) is 16.7. The van der Waals surface area contributed by atoms with Crippen molar-refractivity contribution in [3.8, 4) is 17.0 Å². The van der Waals surface area contributed by atoms with Crippen LogP contribution in [-0.2, 0) is 6.18 Å². The van der Waals surface area contributed by atoms with Gasteiger partial charge in [0.1, 0.15) is 11.6 Å². The molecule has 0 aliphatic carbocycles. The van der Waals surface area contributed by atoms with Crippen molar-refractivity contribution in [3.63, 3.8) is 0 Å². The highest BCUT2D eigenvalue weighted by atomic mass is 35.5. The summed E-state index contributed by atoms with van der Waals surface area (Å²) >= 11 is 11.6. The molecule has 2 N–H and O–H groups in total. The van der Waals surface area contributed by atoms with Crippen LogP contribution in [0.2, 0.25) is 10.0 Å². The molecule has 0 amide bonds. The van der Waals surface area contributed by atoms with E-state index in [-0.39, 0.29) is 22.0 Å². The maximum Gasteiger partial charge on any atom is 0.419 e. The Kier molecular flexibility index (Phi) is 4.39. The minimum absolute atomic E-state index is 0.000226. The number of pyridine rings is 1. The first-order chi connectivity index (χ1) is 10.2. The molecule has 0 saturated heterocycles. The van der Waals surface area contributed by atoms with Crippen molar-refractivity contribution in [2.24, 2.45) is 0 Å². The highest BCUT2D eigenvalue weighted by Gasteiger charge is 2.35. The number of nitrogens with zero attached hydrogens (tertiary/aromatic N) is 1. The fourth-order valence-electron chi connectivity index (χ4n) is 1.78. The van der Waals surface area contributed by atoms with Gasteiger partial charge in [-0.3, -0.25) is 4.98 Å². The second kappa shape index (κ2) is 5.81. The largest absolute Gasteiger partial charge is 0.495 e. The topological polar surface area (TPSA) is 48.1 Å². The third-order valence-corrected chi connectivity index (χ3v) is 3.54. The van der Waals surface area contributed by atoms with Gasteiger partial charge in [0.05, 0.1) is 34.1 Å². The van der Waals surface area contributed by atoms with Gasteiger partial charge < -0.3 is 10.5 Å². The Morgan fingerprint density at radius 3 is 2.41 bits per heavy atom. The normalized spacial score (nSPS) is 11.6. The van der Waals surface area contributed by atoms with E-state index in [4.69, 9.17) is 33.7 Å². The van der Waals surface area contributed by atoms with Crippen LogP contribution >= 0.6 is 23.2 Å². The number of anilines is 1. The summed E-state index contributed by atoms with van der Waals surface area (Å²) in [5.74, 6) is -0.700. The number of aromatic nitrogens is 1. The van der Waals surface area contributed by atoms with Gasteiger partial charge in [0.2, 0.25) is 0 Å². The Balaban J connectivity index is 2.67. The van der Waals surface area contributed by atoms with Gasteiger partial charge in [0, 0.05) is 11.8 Å². The lowest BCUT2D eigenvalue weighted by Crippen LogP contribution is -2.11. The highest BCUT2D eigenvalue weighted by molar-refractivity contribution is 6.36. The van der Waals surface area contributed by atoms with Crippen LogP contribution in [0.4, 0.5) is 23.2 Å². The molecular formula is C13H8Cl2F4N2O. The maximum atomic E-state index is 14.0. The Labute approximate surface area is 132 Å². The van der Waals surface area contributed by atoms with Crippen molar-refractivity contribution in [2.75, 3.05) is 12.8 Å². The molecule has 0 saturated carbocycles. The van der Waals surface area contributed by atoms with Gasteiger partial charge in [-0.05, 0) is 12.1 Å². The molecule has 3 nitrogen and oxygen atoms in total. The molecule has 0 atom stereocenters. The summed E-state index contributed by atoms with van der Waals surface area (Å²) in [5, 5.41) is -0.502. The van der Waals surface area contributed by atoms with E-state index in [1.165, 1.54) is 13.2 Å². The van der Waals surface area contributed by atoms with Crippen LogP contribution < -0.4 is 10.5 Å². The Bertz CT molecular complexity index is 735. The Morgan fingerprint density at radius 2 is 1.86 bits per heavy atom. The lowest BCUT2D eigenvalue weighted by atomic mass is 10.1. The Morgan fingerprint density at radius 1 is 1.23 bits per heavy atom. The predicted molar refractivity (Wildman–Crippen MR) is 75.6 cm³/mol. The van der Waals surface area contributed by atoms with Gasteiger partial charge in [-0.25, -0.2) is 4.39 Å². The van der Waals surface area contributed by atoms with Crippen LogP contribution in [0.25, 0.3) is 11.3 Å². The first kappa shape index (κ1) is 16.6. The van der Waals surface area contributed by atoms with Gasteiger partial charge in [0.15, 0.2) is 0 Å². The number of nitrogens with two attached hydrogens (primary N) is 1. The van der Waals surface area contributed by atoms with Gasteiger partial charge in [-0.15, -0.1) is 0 Å². The molecule has 1 aromatic carbocycles. The summed E-state index contributed by atoms with van der Waals surface area (Å²) in [7, 11) is 1.30. The Hall–Kier alpha value is -1.73. The average Bonchev–Trinajstić information content (AvgIpc) is 2.41. The van der Waals surface area contributed by atoms with E-state index in [0.717, 1.165) is 6.07 Å². The molecule has 0 spiro atoms. The number of rotatable bonds is 2. The van der Waals surface area contributed by atoms with Crippen molar-refractivity contribution >= 4 is 28.9 Å². The van der Waals surface area contributed by atoms with Crippen LogP contribution in [0.3, 0.4) is 0 Å². The number of alkyl halides is 3. The second-order valence-electron chi connectivity index (χ2n) is 4.21. The van der Waals surface area contributed by atoms with E-state index >= 15 is 0 Å². The summed E-state index contributed by atoms with van der Waals surface area (Å²) in [6.45, 7) is 0. The maximum absolute atomic E-state index is 14.0. The molecule has 0 fully saturated rings. The quantitative estimate of drug-likeness (QED) is 0.787. The zero-order valence-corrected chi connectivity index (χ0v) is 12.4. The number of hydrogen-bond donors (Lipinski definition) is 1. The van der Waals surface area contributed by atoms with Gasteiger partial charge in [-0.2, -0.15) is 13.2 Å². The first-order valence-electron chi connectivity index (χ1n) is 5.71. The van der Waals surface area contributed by atoms with E-state index in [0.29, 0.717) is 6.20 Å². The highest BCUT2D eigenvalue weighted by Crippen LogP contribution is 2.42. The molecule has 1 heterocycles. The lowest BCUT2D eigenvalue weighted by molar-refractivity contribution is -0.137. The smallest absolute Gasteiger partial charge is 0.419 e. The molecule has 2 aromatic rings. The van der Waals surface area contributed by atoms with Gasteiger partial charge >= 0.3 is 6.18 Å². The fraction of sp³-hybridized carbons (Fsp3) is 0.154. The van der Waals surface area contributed by atoms with Crippen molar-refractivity contribution in [1.82, 2.24) is 4.98 Å². The molecule has 1 aromatic heterocycles. The van der Waals surface area contributed by atoms with E-state index < -0.39 is 28.3 Å². The third kappa shape index (κ3) is 2.91. The molecular weight excluding hydrogens is 347 g/mol. The van der Waals surface area contributed by atoms with Gasteiger partial charge in [0.25, 0.3) is 0 Å². The van der Waals surface area contributed by atoms with E-state index in [2.05, 4.69) is 4.98 Å². The molecule has 2 rings (SSSR count). The molecule has 0 unspecified atom stereocenters. The van der Waals surface area contributed by atoms with E-state index in [1.807, 2.05) is 0 Å². The predicted octanol–water partition coefficient (Wildman–Crippen LogP) is 4.80. The zero-order valence-electron chi connectivity index (χ0n) is 10.9. The van der Waals surface area contributed by atoms with Gasteiger partial charge in [-0.1, -0.05) is 23.2 Å². The van der Waals surface area contributed by atoms with Crippen molar-refractivity contribution in [3.05, 3.63) is 39.8 Å². The number of halogens is 6. The number of nitrogen functional groups attached to an aromatic ring is 1. The molecule has 22 heavy (non-hydrogen) atoms. The summed E-state index contributed by atoms with van der Waals surface area (Å²) < 4.78 is 57.1. The first-order valence-corrected chi connectivity index (χ1v) is 6.47. The van der Waals surface area contributed by atoms with Crippen LogP contribution in [0.1, 0.15) is 5.56 Å². The average molecular weight is 355 g/mol. The number of hydrogen-bond acceptors (Lipinski definition) is 3. The minimum atomic E-state index is -4.71. The molecule has 0 bridgehead atoms. The molecule has 0 radical (unpaired) electrons. The third-order valence-electron chi connectivity index (χ3n) is 2.86. The summed E-state index contributed by atoms with van der Waals surface area (Å²) in [5.41, 5.74) is 3.05. The second-order valence-corrected chi connectivity index (χ2v) is 5.00. The summed E-state index contributed by atoms with van der Waals surface area (Å²) in [6, 6.07) is 2.13. The van der Waals surface area contributed by atoms with E-state index in [9.17, 15) is 17.6 Å². The standard InChI is InChI=1S/C13H8Cl2F4N2O/c1-22-9-2-5(8(16)3-7(9)14)12-10(15)11(20)6(4-21-12)13(17,18)19/h2-4H,1H3,(H2,20,21). The van der Waals surface area contributed by atoms with Crippen LogP contribution in [0, 0.1) is 5.82 Å².